The first-order valence-electron chi connectivity index (χ1n) is 4.95. The molecular weight excluding hydrogens is 264 g/mol. The lowest BCUT2D eigenvalue weighted by atomic mass is 10.0. The Morgan fingerprint density at radius 2 is 2.06 bits per heavy atom. The fraction of sp³-hybridized carbons (Fsp3) is 0.0714. The lowest BCUT2D eigenvalue weighted by Crippen LogP contribution is -2.01. The maximum atomic E-state index is 12.1. The van der Waals surface area contributed by atoms with Crippen LogP contribution in [0.2, 0.25) is 0 Å². The van der Waals surface area contributed by atoms with Gasteiger partial charge in [-0.3, -0.25) is 4.79 Å². The number of carbonyl (C=O) groups is 1. The van der Waals surface area contributed by atoms with Crippen molar-refractivity contribution >= 4 is 21.7 Å². The summed E-state index contributed by atoms with van der Waals surface area (Å²) in [7, 11) is 0. The number of hydrogen-bond acceptors (Lipinski definition) is 1. The van der Waals surface area contributed by atoms with Gasteiger partial charge in [0, 0.05) is 15.6 Å². The average molecular weight is 274 g/mol. The predicted molar refractivity (Wildman–Crippen MR) is 67.6 cm³/mol. The minimum absolute atomic E-state index is 0.0104. The molecule has 0 fully saturated rings. The smallest absolute Gasteiger partial charge is 0.193 e. The molecule has 1 nitrogen and oxygen atoms in total. The molecule has 0 spiro atoms. The number of benzene rings is 2. The van der Waals surface area contributed by atoms with E-state index in [2.05, 4.69) is 22.0 Å². The van der Waals surface area contributed by atoms with Crippen molar-refractivity contribution < 1.29 is 4.79 Å². The van der Waals surface area contributed by atoms with Crippen molar-refractivity contribution in [2.75, 3.05) is 0 Å². The highest BCUT2D eigenvalue weighted by atomic mass is 79.9. The Kier molecular flexibility index (Phi) is 3.20. The van der Waals surface area contributed by atoms with Crippen LogP contribution in [0.25, 0.3) is 0 Å². The summed E-state index contributed by atoms with van der Waals surface area (Å²) < 4.78 is 0.924. The minimum Gasteiger partial charge on any atom is -0.289 e. The van der Waals surface area contributed by atoms with Gasteiger partial charge in [0.2, 0.25) is 0 Å². The van der Waals surface area contributed by atoms with Crippen molar-refractivity contribution in [3.05, 3.63) is 69.7 Å². The number of rotatable bonds is 2. The average Bonchev–Trinajstić information content (AvgIpc) is 2.29. The molecular formula is C14H10BrO. The first-order valence-corrected chi connectivity index (χ1v) is 5.75. The fourth-order valence-corrected chi connectivity index (χ4v) is 1.74. The topological polar surface area (TPSA) is 17.1 Å². The summed E-state index contributed by atoms with van der Waals surface area (Å²) in [5.74, 6) is 0.0104. The Labute approximate surface area is 103 Å². The van der Waals surface area contributed by atoms with Crippen LogP contribution in [-0.2, 0) is 0 Å². The molecule has 16 heavy (non-hydrogen) atoms. The first-order chi connectivity index (χ1) is 7.66. The Morgan fingerprint density at radius 1 is 1.25 bits per heavy atom. The van der Waals surface area contributed by atoms with Crippen LogP contribution in [0.5, 0.6) is 0 Å². The Balaban J connectivity index is 2.35. The van der Waals surface area contributed by atoms with Crippen LogP contribution >= 0.6 is 15.9 Å². The van der Waals surface area contributed by atoms with Crippen molar-refractivity contribution in [2.24, 2.45) is 0 Å². The third-order valence-electron chi connectivity index (χ3n) is 2.30. The molecule has 0 bridgehead atoms. The quantitative estimate of drug-likeness (QED) is 0.761. The minimum atomic E-state index is 0.0104. The van der Waals surface area contributed by atoms with Crippen LogP contribution in [0.4, 0.5) is 0 Å². The van der Waals surface area contributed by atoms with Crippen LogP contribution in [-0.4, -0.2) is 5.78 Å². The van der Waals surface area contributed by atoms with E-state index in [1.165, 1.54) is 0 Å². The predicted octanol–water partition coefficient (Wildman–Crippen LogP) is 3.79. The van der Waals surface area contributed by atoms with Gasteiger partial charge in [-0.25, -0.2) is 0 Å². The summed E-state index contributed by atoms with van der Waals surface area (Å²) in [4.78, 5) is 12.1. The van der Waals surface area contributed by atoms with E-state index < -0.39 is 0 Å². The zero-order chi connectivity index (χ0) is 11.5. The first kappa shape index (κ1) is 11.1. The number of ketones is 1. The van der Waals surface area contributed by atoms with Crippen LogP contribution < -0.4 is 0 Å². The molecule has 79 valence electrons. The standard InChI is InChI=1S/C14H10BrO/c1-10-3-2-4-12(9-10)14(16)11-5-7-13(15)8-6-11/h2-5,7-9H,1H3. The monoisotopic (exact) mass is 273 g/mol. The van der Waals surface area contributed by atoms with Gasteiger partial charge in [0.1, 0.15) is 0 Å². The summed E-state index contributed by atoms with van der Waals surface area (Å²) in [6.45, 7) is 1.97. The summed E-state index contributed by atoms with van der Waals surface area (Å²) in [6.07, 6.45) is 0. The Morgan fingerprint density at radius 3 is 2.69 bits per heavy atom. The molecule has 0 aliphatic carbocycles. The second-order valence-electron chi connectivity index (χ2n) is 3.62. The largest absolute Gasteiger partial charge is 0.289 e. The Bertz CT molecular complexity index is 515. The molecule has 0 unspecified atom stereocenters. The van der Waals surface area contributed by atoms with E-state index in [1.54, 1.807) is 12.1 Å². The van der Waals surface area contributed by atoms with Gasteiger partial charge in [0.05, 0.1) is 0 Å². The normalized spacial score (nSPS) is 10.1. The van der Waals surface area contributed by atoms with Gasteiger partial charge in [-0.05, 0) is 37.3 Å². The maximum absolute atomic E-state index is 12.1. The van der Waals surface area contributed by atoms with E-state index in [4.69, 9.17) is 0 Å². The van der Waals surface area contributed by atoms with Crippen molar-refractivity contribution in [1.29, 1.82) is 0 Å². The fourth-order valence-electron chi connectivity index (χ4n) is 1.49. The van der Waals surface area contributed by atoms with Gasteiger partial charge in [0.25, 0.3) is 0 Å². The SMILES string of the molecule is Cc1cccc(C(=O)c2[c]cc(Br)cc2)c1. The van der Waals surface area contributed by atoms with E-state index >= 15 is 0 Å². The number of hydrogen-bond donors (Lipinski definition) is 0. The van der Waals surface area contributed by atoms with Gasteiger partial charge in [-0.1, -0.05) is 39.7 Å². The summed E-state index contributed by atoms with van der Waals surface area (Å²) in [6, 6.07) is 15.9. The summed E-state index contributed by atoms with van der Waals surface area (Å²) >= 11 is 3.32. The third-order valence-corrected chi connectivity index (χ3v) is 2.79. The molecule has 0 atom stereocenters. The van der Waals surface area contributed by atoms with E-state index in [-0.39, 0.29) is 5.78 Å². The lowest BCUT2D eigenvalue weighted by Gasteiger charge is -2.02. The molecule has 0 saturated heterocycles. The second-order valence-corrected chi connectivity index (χ2v) is 4.53. The highest BCUT2D eigenvalue weighted by Gasteiger charge is 2.08. The van der Waals surface area contributed by atoms with Crippen LogP contribution in [0.3, 0.4) is 0 Å². The molecule has 0 amide bonds. The molecule has 0 aliphatic heterocycles. The van der Waals surface area contributed by atoms with Crippen LogP contribution in [0, 0.1) is 13.0 Å². The van der Waals surface area contributed by atoms with Gasteiger partial charge >= 0.3 is 0 Å². The third kappa shape index (κ3) is 2.39. The maximum Gasteiger partial charge on any atom is 0.193 e. The molecule has 2 aromatic carbocycles. The van der Waals surface area contributed by atoms with Gasteiger partial charge in [-0.2, -0.15) is 0 Å². The molecule has 0 aliphatic rings. The zero-order valence-corrected chi connectivity index (χ0v) is 10.4. The van der Waals surface area contributed by atoms with E-state index in [9.17, 15) is 4.79 Å². The van der Waals surface area contributed by atoms with Crippen LogP contribution in [0.15, 0.2) is 46.9 Å². The zero-order valence-electron chi connectivity index (χ0n) is 8.83. The second kappa shape index (κ2) is 4.62. The lowest BCUT2D eigenvalue weighted by molar-refractivity contribution is 0.103. The molecule has 0 N–H and O–H groups in total. The van der Waals surface area contributed by atoms with E-state index in [1.807, 2.05) is 37.3 Å². The van der Waals surface area contributed by atoms with E-state index in [0.717, 1.165) is 10.0 Å². The summed E-state index contributed by atoms with van der Waals surface area (Å²) in [5.41, 5.74) is 2.38. The van der Waals surface area contributed by atoms with E-state index in [0.29, 0.717) is 11.1 Å². The van der Waals surface area contributed by atoms with Crippen molar-refractivity contribution in [3.8, 4) is 0 Å². The van der Waals surface area contributed by atoms with Crippen molar-refractivity contribution in [3.63, 3.8) is 0 Å². The molecule has 0 saturated carbocycles. The highest BCUT2D eigenvalue weighted by Crippen LogP contribution is 2.14. The van der Waals surface area contributed by atoms with Gasteiger partial charge in [-0.15, -0.1) is 0 Å². The van der Waals surface area contributed by atoms with Crippen LogP contribution in [0.1, 0.15) is 21.5 Å². The van der Waals surface area contributed by atoms with Crippen molar-refractivity contribution in [1.82, 2.24) is 0 Å². The molecule has 0 heterocycles. The molecule has 2 heteroatoms. The molecule has 2 aromatic rings. The van der Waals surface area contributed by atoms with Crippen molar-refractivity contribution in [2.45, 2.75) is 6.92 Å². The number of aryl methyl sites for hydroxylation is 1. The highest BCUT2D eigenvalue weighted by molar-refractivity contribution is 9.10. The number of carbonyl (C=O) groups excluding carboxylic acids is 1. The molecule has 0 aromatic heterocycles. The van der Waals surface area contributed by atoms with Gasteiger partial charge in [0.15, 0.2) is 5.78 Å². The Hall–Kier alpha value is -1.41. The number of halogens is 1. The molecule has 2 rings (SSSR count). The van der Waals surface area contributed by atoms with Gasteiger partial charge < -0.3 is 0 Å². The summed E-state index contributed by atoms with van der Waals surface area (Å²) in [5, 5.41) is 0. The molecule has 1 radical (unpaired) electrons.